The monoisotopic (exact) mass is 182 g/mol. The summed E-state index contributed by atoms with van der Waals surface area (Å²) in [5.74, 6) is -0.270. The Bertz CT molecular complexity index is 264. The van der Waals surface area contributed by atoms with E-state index in [0.717, 1.165) is 19.3 Å². The second-order valence-electron chi connectivity index (χ2n) is 4.16. The van der Waals surface area contributed by atoms with Gasteiger partial charge in [-0.1, -0.05) is 6.42 Å². The number of hydrogen-bond acceptors (Lipinski definition) is 2. The van der Waals surface area contributed by atoms with Gasteiger partial charge in [-0.05, 0) is 12.8 Å². The molecule has 2 unspecified atom stereocenters. The summed E-state index contributed by atoms with van der Waals surface area (Å²) in [6.45, 7) is 0.638. The molecule has 72 valence electrons. The van der Waals surface area contributed by atoms with E-state index in [-0.39, 0.29) is 23.1 Å². The number of nitrogens with one attached hydrogen (secondary N) is 1. The third kappa shape index (κ3) is 1.20. The van der Waals surface area contributed by atoms with Crippen LogP contribution < -0.4 is 11.1 Å². The van der Waals surface area contributed by atoms with Crippen molar-refractivity contribution in [3.8, 4) is 0 Å². The summed E-state index contributed by atoms with van der Waals surface area (Å²) < 4.78 is 0. The van der Waals surface area contributed by atoms with Gasteiger partial charge >= 0.3 is 0 Å². The quantitative estimate of drug-likeness (QED) is 0.588. The van der Waals surface area contributed by atoms with Gasteiger partial charge in [0.25, 0.3) is 0 Å². The van der Waals surface area contributed by atoms with E-state index in [1.807, 2.05) is 0 Å². The van der Waals surface area contributed by atoms with E-state index >= 15 is 0 Å². The van der Waals surface area contributed by atoms with E-state index in [1.54, 1.807) is 0 Å². The number of hydrogen-bond donors (Lipinski definition) is 2. The van der Waals surface area contributed by atoms with E-state index in [4.69, 9.17) is 5.73 Å². The number of nitrogens with two attached hydrogens (primary N) is 1. The fraction of sp³-hybridized carbons (Fsp3) is 0.778. The minimum atomic E-state index is -0.242. The van der Waals surface area contributed by atoms with Gasteiger partial charge in [-0.3, -0.25) is 9.59 Å². The van der Waals surface area contributed by atoms with Crippen LogP contribution in [0.3, 0.4) is 0 Å². The van der Waals surface area contributed by atoms with E-state index in [2.05, 4.69) is 5.32 Å². The van der Waals surface area contributed by atoms with Crippen LogP contribution in [-0.4, -0.2) is 18.4 Å². The normalized spacial score (nSPS) is 38.2. The topological polar surface area (TPSA) is 72.2 Å². The van der Waals surface area contributed by atoms with Gasteiger partial charge < -0.3 is 11.1 Å². The van der Waals surface area contributed by atoms with Crippen molar-refractivity contribution in [1.82, 2.24) is 5.32 Å². The van der Waals surface area contributed by atoms with Gasteiger partial charge in [0.1, 0.15) is 0 Å². The molecule has 4 nitrogen and oxygen atoms in total. The fourth-order valence-corrected chi connectivity index (χ4v) is 2.73. The molecule has 1 spiro atoms. The summed E-state index contributed by atoms with van der Waals surface area (Å²) in [7, 11) is 0. The molecule has 2 amide bonds. The predicted molar refractivity (Wildman–Crippen MR) is 46.6 cm³/mol. The molecule has 1 saturated heterocycles. The highest BCUT2D eigenvalue weighted by atomic mass is 16.2. The Hall–Kier alpha value is -1.06. The molecule has 2 atom stereocenters. The summed E-state index contributed by atoms with van der Waals surface area (Å²) in [5.41, 5.74) is 5.18. The molecule has 1 saturated carbocycles. The fourth-order valence-electron chi connectivity index (χ4n) is 2.73. The Balaban J connectivity index is 2.21. The SMILES string of the molecule is NC(=O)C1CCCC12CNC(=O)C2. The van der Waals surface area contributed by atoms with Crippen molar-refractivity contribution in [2.75, 3.05) is 6.54 Å². The minimum absolute atomic E-state index is 0.0631. The largest absolute Gasteiger partial charge is 0.369 e. The Morgan fingerprint density at radius 3 is 2.92 bits per heavy atom. The van der Waals surface area contributed by atoms with Gasteiger partial charge in [-0.2, -0.15) is 0 Å². The molecule has 3 N–H and O–H groups in total. The highest BCUT2D eigenvalue weighted by molar-refractivity contribution is 5.83. The van der Waals surface area contributed by atoms with Gasteiger partial charge in [0.2, 0.25) is 11.8 Å². The van der Waals surface area contributed by atoms with Crippen molar-refractivity contribution < 1.29 is 9.59 Å². The van der Waals surface area contributed by atoms with Crippen LogP contribution >= 0.6 is 0 Å². The zero-order valence-electron chi connectivity index (χ0n) is 7.51. The number of primary amides is 1. The lowest BCUT2D eigenvalue weighted by molar-refractivity contribution is -0.125. The molecule has 1 aliphatic heterocycles. The molecule has 0 aromatic rings. The number of carbonyl (C=O) groups excluding carboxylic acids is 2. The molecule has 2 fully saturated rings. The Morgan fingerprint density at radius 2 is 2.38 bits per heavy atom. The third-order valence-electron chi connectivity index (χ3n) is 3.40. The molecular weight excluding hydrogens is 168 g/mol. The van der Waals surface area contributed by atoms with Crippen LogP contribution in [0.5, 0.6) is 0 Å². The van der Waals surface area contributed by atoms with Gasteiger partial charge in [0.05, 0.1) is 0 Å². The first-order valence-electron chi connectivity index (χ1n) is 4.70. The van der Waals surface area contributed by atoms with Crippen molar-refractivity contribution in [3.05, 3.63) is 0 Å². The van der Waals surface area contributed by atoms with Gasteiger partial charge in [0, 0.05) is 24.3 Å². The zero-order chi connectivity index (χ0) is 9.47. The first kappa shape index (κ1) is 8.53. The lowest BCUT2D eigenvalue weighted by Crippen LogP contribution is -2.37. The molecule has 4 heteroatoms. The number of rotatable bonds is 1. The van der Waals surface area contributed by atoms with Crippen LogP contribution in [0, 0.1) is 11.3 Å². The summed E-state index contributed by atoms with van der Waals surface area (Å²) in [6.07, 6.45) is 3.31. The molecule has 0 aromatic heterocycles. The second-order valence-corrected chi connectivity index (χ2v) is 4.16. The molecule has 0 bridgehead atoms. The highest BCUT2D eigenvalue weighted by Crippen LogP contribution is 2.47. The lowest BCUT2D eigenvalue weighted by Gasteiger charge is -2.26. The Labute approximate surface area is 76.9 Å². The molecule has 0 radical (unpaired) electrons. The Kier molecular flexibility index (Phi) is 1.78. The zero-order valence-corrected chi connectivity index (χ0v) is 7.51. The highest BCUT2D eigenvalue weighted by Gasteiger charge is 2.50. The maximum atomic E-state index is 11.2. The van der Waals surface area contributed by atoms with Gasteiger partial charge in [-0.15, -0.1) is 0 Å². The standard InChI is InChI=1S/C9H14N2O2/c10-8(13)6-2-1-3-9(6)4-7(12)11-5-9/h6H,1-5H2,(H2,10,13)(H,11,12). The molecule has 2 rings (SSSR count). The number of amides is 2. The van der Waals surface area contributed by atoms with Crippen molar-refractivity contribution in [3.63, 3.8) is 0 Å². The van der Waals surface area contributed by atoms with Crippen LogP contribution in [0.15, 0.2) is 0 Å². The average Bonchev–Trinajstić information content (AvgIpc) is 2.60. The number of carbonyl (C=O) groups is 2. The molecule has 2 aliphatic rings. The van der Waals surface area contributed by atoms with Crippen LogP contribution in [0.25, 0.3) is 0 Å². The lowest BCUT2D eigenvalue weighted by atomic mass is 9.77. The molecule has 1 heterocycles. The van der Waals surface area contributed by atoms with Gasteiger partial charge in [-0.25, -0.2) is 0 Å². The van der Waals surface area contributed by atoms with Crippen molar-refractivity contribution >= 4 is 11.8 Å². The smallest absolute Gasteiger partial charge is 0.221 e. The van der Waals surface area contributed by atoms with Gasteiger partial charge in [0.15, 0.2) is 0 Å². The first-order chi connectivity index (χ1) is 6.14. The van der Waals surface area contributed by atoms with E-state index in [9.17, 15) is 9.59 Å². The molecule has 0 aromatic carbocycles. The summed E-state index contributed by atoms with van der Waals surface area (Å²) in [6, 6.07) is 0. The summed E-state index contributed by atoms with van der Waals surface area (Å²) in [5, 5.41) is 2.79. The van der Waals surface area contributed by atoms with Crippen molar-refractivity contribution in [2.45, 2.75) is 25.7 Å². The third-order valence-corrected chi connectivity index (χ3v) is 3.40. The van der Waals surface area contributed by atoms with E-state index in [1.165, 1.54) is 0 Å². The van der Waals surface area contributed by atoms with Crippen LogP contribution in [0.2, 0.25) is 0 Å². The van der Waals surface area contributed by atoms with Crippen LogP contribution in [0.4, 0.5) is 0 Å². The molecule has 13 heavy (non-hydrogen) atoms. The minimum Gasteiger partial charge on any atom is -0.369 e. The molecular formula is C9H14N2O2. The Morgan fingerprint density at radius 1 is 1.62 bits per heavy atom. The maximum absolute atomic E-state index is 11.2. The second kappa shape index (κ2) is 2.72. The average molecular weight is 182 g/mol. The van der Waals surface area contributed by atoms with E-state index < -0.39 is 0 Å². The molecule has 1 aliphatic carbocycles. The predicted octanol–water partition coefficient (Wildman–Crippen LogP) is -0.222. The summed E-state index contributed by atoms with van der Waals surface area (Å²) >= 11 is 0. The first-order valence-corrected chi connectivity index (χ1v) is 4.70. The summed E-state index contributed by atoms with van der Waals surface area (Å²) in [4.78, 5) is 22.3. The van der Waals surface area contributed by atoms with Crippen LogP contribution in [0.1, 0.15) is 25.7 Å². The van der Waals surface area contributed by atoms with Crippen molar-refractivity contribution in [1.29, 1.82) is 0 Å². The van der Waals surface area contributed by atoms with Crippen molar-refractivity contribution in [2.24, 2.45) is 17.1 Å². The van der Waals surface area contributed by atoms with Crippen LogP contribution in [-0.2, 0) is 9.59 Å². The maximum Gasteiger partial charge on any atom is 0.221 e. The van der Waals surface area contributed by atoms with E-state index in [0.29, 0.717) is 13.0 Å².